The standard InChI is InChI=1S/C18H31/c1-6-16(4)12-9-10-14-18(8-3)15-11-13-17(5)7-2/h12-14H,4,6-11,15H2,1-3,5H3. The Balaban J connectivity index is 4.01. The topological polar surface area (TPSA) is 0 Å². The van der Waals surface area contributed by atoms with Gasteiger partial charge in [0.15, 0.2) is 0 Å². The van der Waals surface area contributed by atoms with Crippen molar-refractivity contribution in [2.75, 3.05) is 0 Å². The maximum absolute atomic E-state index is 4.00. The quantitative estimate of drug-likeness (QED) is 0.326. The number of hydrogen-bond acceptors (Lipinski definition) is 0. The fourth-order valence-corrected chi connectivity index (χ4v) is 1.79. The van der Waals surface area contributed by atoms with Crippen LogP contribution in [0, 0.1) is 6.92 Å². The molecule has 0 atom stereocenters. The zero-order chi connectivity index (χ0) is 13.8. The first kappa shape index (κ1) is 17.2. The van der Waals surface area contributed by atoms with Gasteiger partial charge >= 0.3 is 0 Å². The molecule has 0 amide bonds. The van der Waals surface area contributed by atoms with Crippen molar-refractivity contribution in [3.63, 3.8) is 0 Å². The lowest BCUT2D eigenvalue weighted by molar-refractivity contribution is 0.873. The molecule has 0 N–H and O–H groups in total. The third kappa shape index (κ3) is 9.27. The molecule has 0 aromatic carbocycles. The van der Waals surface area contributed by atoms with Gasteiger partial charge in [-0.25, -0.2) is 0 Å². The summed E-state index contributed by atoms with van der Waals surface area (Å²) in [6.45, 7) is 12.9. The van der Waals surface area contributed by atoms with Gasteiger partial charge in [-0.05, 0) is 58.8 Å². The fraction of sp³-hybridized carbons (Fsp3) is 0.611. The van der Waals surface area contributed by atoms with E-state index in [-0.39, 0.29) is 0 Å². The summed E-state index contributed by atoms with van der Waals surface area (Å²) in [5.74, 6) is 0. The first-order valence-corrected chi connectivity index (χ1v) is 7.48. The molecule has 0 aliphatic heterocycles. The third-order valence-corrected chi connectivity index (χ3v) is 3.46. The van der Waals surface area contributed by atoms with Crippen LogP contribution in [0.3, 0.4) is 0 Å². The number of hydrogen-bond donors (Lipinski definition) is 0. The SMILES string of the molecule is [CH2]C(=CCCC=C(CC)CCC=C(C)CC)CC. The number of rotatable bonds is 9. The number of allylic oxidation sites excluding steroid dienone is 6. The Bertz CT molecular complexity index is 289. The highest BCUT2D eigenvalue weighted by molar-refractivity contribution is 5.08. The summed E-state index contributed by atoms with van der Waals surface area (Å²) >= 11 is 0. The average molecular weight is 247 g/mol. The Hall–Kier alpha value is -0.780. The van der Waals surface area contributed by atoms with Crippen LogP contribution < -0.4 is 0 Å². The highest BCUT2D eigenvalue weighted by atomic mass is 14.0. The zero-order valence-corrected chi connectivity index (χ0v) is 12.9. The van der Waals surface area contributed by atoms with Gasteiger partial charge in [0.25, 0.3) is 0 Å². The van der Waals surface area contributed by atoms with Crippen LogP contribution in [-0.4, -0.2) is 0 Å². The second-order valence-corrected chi connectivity index (χ2v) is 4.95. The minimum atomic E-state index is 1.07. The normalized spacial score (nSPS) is 14.2. The van der Waals surface area contributed by atoms with Crippen LogP contribution >= 0.6 is 0 Å². The lowest BCUT2D eigenvalue weighted by atomic mass is 10.0. The molecule has 0 rings (SSSR count). The molecule has 0 aromatic heterocycles. The van der Waals surface area contributed by atoms with Crippen LogP contribution in [0.2, 0.25) is 0 Å². The fourth-order valence-electron chi connectivity index (χ4n) is 1.79. The summed E-state index contributed by atoms with van der Waals surface area (Å²) in [6.07, 6.45) is 15.2. The van der Waals surface area contributed by atoms with E-state index < -0.39 is 0 Å². The molecule has 103 valence electrons. The zero-order valence-electron chi connectivity index (χ0n) is 12.9. The molecule has 1 radical (unpaired) electrons. The second-order valence-electron chi connectivity index (χ2n) is 4.95. The predicted octanol–water partition coefficient (Wildman–Crippen LogP) is 6.41. The van der Waals surface area contributed by atoms with E-state index in [2.05, 4.69) is 52.8 Å². The summed E-state index contributed by atoms with van der Waals surface area (Å²) < 4.78 is 0. The maximum atomic E-state index is 4.00. The van der Waals surface area contributed by atoms with E-state index in [1.807, 2.05) is 0 Å². The van der Waals surface area contributed by atoms with Crippen molar-refractivity contribution in [3.05, 3.63) is 41.9 Å². The van der Waals surface area contributed by atoms with Gasteiger partial charge in [-0.2, -0.15) is 0 Å². The van der Waals surface area contributed by atoms with Crippen molar-refractivity contribution in [2.24, 2.45) is 0 Å². The van der Waals surface area contributed by atoms with Gasteiger partial charge in [-0.1, -0.05) is 55.7 Å². The van der Waals surface area contributed by atoms with E-state index >= 15 is 0 Å². The highest BCUT2D eigenvalue weighted by Crippen LogP contribution is 2.14. The van der Waals surface area contributed by atoms with Gasteiger partial charge in [0.1, 0.15) is 0 Å². The molecule has 0 bridgehead atoms. The van der Waals surface area contributed by atoms with Crippen molar-refractivity contribution < 1.29 is 0 Å². The summed E-state index contributed by atoms with van der Waals surface area (Å²) in [4.78, 5) is 0. The first-order valence-electron chi connectivity index (χ1n) is 7.48. The minimum Gasteiger partial charge on any atom is -0.0853 e. The minimum absolute atomic E-state index is 1.07. The Morgan fingerprint density at radius 2 is 1.50 bits per heavy atom. The van der Waals surface area contributed by atoms with Gasteiger partial charge in [0.05, 0.1) is 0 Å². The monoisotopic (exact) mass is 247 g/mol. The van der Waals surface area contributed by atoms with E-state index in [0.717, 1.165) is 12.8 Å². The number of unbranched alkanes of at least 4 members (excludes halogenated alkanes) is 1. The van der Waals surface area contributed by atoms with Crippen molar-refractivity contribution in [1.82, 2.24) is 0 Å². The van der Waals surface area contributed by atoms with Crippen LogP contribution in [0.4, 0.5) is 0 Å². The summed E-state index contributed by atoms with van der Waals surface area (Å²) in [5.41, 5.74) is 4.38. The van der Waals surface area contributed by atoms with E-state index in [1.165, 1.54) is 43.3 Å². The Morgan fingerprint density at radius 1 is 0.833 bits per heavy atom. The second kappa shape index (κ2) is 11.3. The lowest BCUT2D eigenvalue weighted by Gasteiger charge is -2.03. The van der Waals surface area contributed by atoms with Crippen LogP contribution in [0.5, 0.6) is 0 Å². The summed E-state index contributed by atoms with van der Waals surface area (Å²) in [5, 5.41) is 0. The van der Waals surface area contributed by atoms with Crippen molar-refractivity contribution in [1.29, 1.82) is 0 Å². The van der Waals surface area contributed by atoms with Crippen LogP contribution in [-0.2, 0) is 0 Å². The molecular weight excluding hydrogens is 216 g/mol. The summed E-state index contributed by atoms with van der Waals surface area (Å²) in [6, 6.07) is 0. The molecule has 0 heterocycles. The van der Waals surface area contributed by atoms with Gasteiger partial charge in [0, 0.05) is 0 Å². The van der Waals surface area contributed by atoms with Gasteiger partial charge in [-0.3, -0.25) is 0 Å². The van der Waals surface area contributed by atoms with Gasteiger partial charge < -0.3 is 0 Å². The molecule has 0 aliphatic carbocycles. The maximum Gasteiger partial charge on any atom is -0.0283 e. The Labute approximate surface area is 115 Å². The van der Waals surface area contributed by atoms with Crippen LogP contribution in [0.1, 0.15) is 72.6 Å². The van der Waals surface area contributed by atoms with Crippen LogP contribution in [0.25, 0.3) is 0 Å². The largest absolute Gasteiger partial charge is 0.0853 e. The van der Waals surface area contributed by atoms with E-state index in [0.29, 0.717) is 0 Å². The highest BCUT2D eigenvalue weighted by Gasteiger charge is 1.94. The predicted molar refractivity (Wildman–Crippen MR) is 84.6 cm³/mol. The van der Waals surface area contributed by atoms with Gasteiger partial charge in [0.2, 0.25) is 0 Å². The van der Waals surface area contributed by atoms with Crippen LogP contribution in [0.15, 0.2) is 34.9 Å². The average Bonchev–Trinajstić information content (AvgIpc) is 2.40. The molecule has 18 heavy (non-hydrogen) atoms. The third-order valence-electron chi connectivity index (χ3n) is 3.46. The van der Waals surface area contributed by atoms with E-state index in [1.54, 1.807) is 5.57 Å². The Morgan fingerprint density at radius 3 is 2.06 bits per heavy atom. The molecule has 0 spiro atoms. The Kier molecular flexibility index (Phi) is 10.8. The molecule has 0 aromatic rings. The molecule has 0 saturated heterocycles. The molecule has 0 nitrogen and oxygen atoms in total. The van der Waals surface area contributed by atoms with Crippen molar-refractivity contribution >= 4 is 0 Å². The molecular formula is C18H31. The van der Waals surface area contributed by atoms with Crippen molar-refractivity contribution in [3.8, 4) is 0 Å². The molecule has 0 aliphatic rings. The van der Waals surface area contributed by atoms with Crippen molar-refractivity contribution in [2.45, 2.75) is 72.6 Å². The first-order chi connectivity index (χ1) is 8.63. The smallest absolute Gasteiger partial charge is 0.0283 e. The summed E-state index contributed by atoms with van der Waals surface area (Å²) in [7, 11) is 0. The lowest BCUT2D eigenvalue weighted by Crippen LogP contribution is -1.83. The van der Waals surface area contributed by atoms with E-state index in [4.69, 9.17) is 0 Å². The van der Waals surface area contributed by atoms with Gasteiger partial charge in [-0.15, -0.1) is 0 Å². The molecule has 0 unspecified atom stereocenters. The van der Waals surface area contributed by atoms with E-state index in [9.17, 15) is 0 Å². The molecule has 0 heteroatoms. The molecule has 0 fully saturated rings. The molecule has 0 saturated carbocycles.